The van der Waals surface area contributed by atoms with Gasteiger partial charge in [-0.05, 0) is 43.1 Å². The molecule has 0 aromatic heterocycles. The molecule has 2 heterocycles. The predicted octanol–water partition coefficient (Wildman–Crippen LogP) is 3.16. The molecule has 0 spiro atoms. The molecule has 0 radical (unpaired) electrons. The molecule has 2 aliphatic heterocycles. The zero-order chi connectivity index (χ0) is 15.7. The Labute approximate surface area is 138 Å². The van der Waals surface area contributed by atoms with E-state index in [4.69, 9.17) is 4.74 Å². The largest absolute Gasteiger partial charge is 0.381 e. The van der Waals surface area contributed by atoms with Crippen LogP contribution >= 0.6 is 0 Å². The highest BCUT2D eigenvalue weighted by Crippen LogP contribution is 2.40. The van der Waals surface area contributed by atoms with Gasteiger partial charge in [-0.1, -0.05) is 42.5 Å². The number of likely N-dealkylation sites (tertiary alicyclic amines) is 1. The van der Waals surface area contributed by atoms with Crippen molar-refractivity contribution in [1.82, 2.24) is 4.90 Å². The first-order chi connectivity index (χ1) is 11.3. The van der Waals surface area contributed by atoms with Crippen LogP contribution in [0, 0.1) is 11.8 Å². The van der Waals surface area contributed by atoms with Gasteiger partial charge < -0.3 is 9.64 Å². The molecule has 0 saturated carbocycles. The van der Waals surface area contributed by atoms with E-state index in [2.05, 4.69) is 29.2 Å². The molecule has 3 heteroatoms. The lowest BCUT2D eigenvalue weighted by Gasteiger charge is -2.39. The summed E-state index contributed by atoms with van der Waals surface area (Å²) in [5, 5.41) is 0. The van der Waals surface area contributed by atoms with Gasteiger partial charge in [-0.25, -0.2) is 0 Å². The normalized spacial score (nSPS) is 29.3. The third-order valence-corrected chi connectivity index (χ3v) is 5.99. The van der Waals surface area contributed by atoms with Crippen molar-refractivity contribution in [2.45, 2.75) is 31.1 Å². The second-order valence-electron chi connectivity index (χ2n) is 7.23. The Bertz CT molecular complexity index is 573. The summed E-state index contributed by atoms with van der Waals surface area (Å²) < 4.78 is 5.57. The van der Waals surface area contributed by atoms with Crippen LogP contribution in [0.2, 0.25) is 0 Å². The molecular weight excluding hydrogens is 286 g/mol. The van der Waals surface area contributed by atoms with E-state index in [1.807, 2.05) is 18.2 Å². The van der Waals surface area contributed by atoms with Gasteiger partial charge in [-0.3, -0.25) is 4.79 Å². The molecule has 2 atom stereocenters. The number of carbonyl (C=O) groups is 1. The van der Waals surface area contributed by atoms with Gasteiger partial charge >= 0.3 is 0 Å². The number of amides is 1. The Kier molecular flexibility index (Phi) is 3.98. The van der Waals surface area contributed by atoms with Crippen molar-refractivity contribution in [2.24, 2.45) is 11.8 Å². The Morgan fingerprint density at radius 2 is 1.61 bits per heavy atom. The van der Waals surface area contributed by atoms with Gasteiger partial charge in [0.1, 0.15) is 0 Å². The lowest BCUT2D eigenvalue weighted by molar-refractivity contribution is -0.140. The summed E-state index contributed by atoms with van der Waals surface area (Å²) >= 11 is 0. The van der Waals surface area contributed by atoms with Gasteiger partial charge in [0.25, 0.3) is 0 Å². The number of nitrogens with zero attached hydrogens (tertiary/aromatic N) is 1. The van der Waals surface area contributed by atoms with E-state index in [0.717, 1.165) is 38.8 Å². The van der Waals surface area contributed by atoms with E-state index in [0.29, 0.717) is 31.0 Å². The highest BCUT2D eigenvalue weighted by molar-refractivity contribution is 5.88. The number of hydrogen-bond acceptors (Lipinski definition) is 2. The molecule has 4 rings (SSSR count). The number of rotatable bonds is 2. The van der Waals surface area contributed by atoms with E-state index in [9.17, 15) is 4.79 Å². The van der Waals surface area contributed by atoms with Gasteiger partial charge in [0.15, 0.2) is 0 Å². The predicted molar refractivity (Wildman–Crippen MR) is 90.1 cm³/mol. The Hall–Kier alpha value is -1.61. The van der Waals surface area contributed by atoms with Crippen molar-refractivity contribution in [1.29, 1.82) is 0 Å². The first kappa shape index (κ1) is 14.9. The molecule has 2 unspecified atom stereocenters. The zero-order valence-electron chi connectivity index (χ0n) is 13.6. The smallest absolute Gasteiger partial charge is 0.233 e. The molecular formula is C20H25NO2. The summed E-state index contributed by atoms with van der Waals surface area (Å²) in [5.74, 6) is 1.66. The van der Waals surface area contributed by atoms with Crippen LogP contribution < -0.4 is 0 Å². The van der Waals surface area contributed by atoms with Crippen molar-refractivity contribution in [3.05, 3.63) is 48.0 Å². The quantitative estimate of drug-likeness (QED) is 0.785. The highest BCUT2D eigenvalue weighted by Gasteiger charge is 2.47. The van der Waals surface area contributed by atoms with Crippen LogP contribution in [0.3, 0.4) is 0 Å². The first-order valence-corrected chi connectivity index (χ1v) is 8.87. The van der Waals surface area contributed by atoms with Crippen molar-refractivity contribution in [3.8, 4) is 0 Å². The molecule has 3 aliphatic rings. The molecule has 122 valence electrons. The maximum atomic E-state index is 13.5. The molecule has 1 aliphatic carbocycles. The Balaban J connectivity index is 1.61. The molecule has 3 nitrogen and oxygen atoms in total. The number of benzene rings is 1. The van der Waals surface area contributed by atoms with Gasteiger partial charge in [0, 0.05) is 26.3 Å². The summed E-state index contributed by atoms with van der Waals surface area (Å²) in [7, 11) is 0. The number of fused-ring (bicyclic) bond motifs is 1. The molecule has 1 amide bonds. The third-order valence-electron chi connectivity index (χ3n) is 5.99. The number of hydrogen-bond donors (Lipinski definition) is 0. The summed E-state index contributed by atoms with van der Waals surface area (Å²) in [6.07, 6.45) is 8.46. The van der Waals surface area contributed by atoms with E-state index in [1.165, 1.54) is 5.56 Å². The minimum Gasteiger partial charge on any atom is -0.381 e. The summed E-state index contributed by atoms with van der Waals surface area (Å²) in [5.41, 5.74) is 0.793. The second-order valence-corrected chi connectivity index (χ2v) is 7.23. The fraction of sp³-hybridized carbons (Fsp3) is 0.550. The molecule has 2 saturated heterocycles. The lowest BCUT2D eigenvalue weighted by Crippen LogP contribution is -2.49. The lowest BCUT2D eigenvalue weighted by atomic mass is 9.73. The molecule has 1 aromatic rings. The third kappa shape index (κ3) is 2.61. The van der Waals surface area contributed by atoms with Crippen LogP contribution in [0.15, 0.2) is 42.5 Å². The van der Waals surface area contributed by atoms with E-state index < -0.39 is 0 Å². The maximum Gasteiger partial charge on any atom is 0.233 e. The first-order valence-electron chi connectivity index (χ1n) is 8.87. The fourth-order valence-electron chi connectivity index (χ4n) is 4.59. The molecule has 0 bridgehead atoms. The minimum absolute atomic E-state index is 0.335. The minimum atomic E-state index is -0.375. The zero-order valence-corrected chi connectivity index (χ0v) is 13.6. The number of ether oxygens (including phenoxy) is 1. The average Bonchev–Trinajstić information content (AvgIpc) is 3.06. The Morgan fingerprint density at radius 1 is 1.00 bits per heavy atom. The Morgan fingerprint density at radius 3 is 2.22 bits per heavy atom. The van der Waals surface area contributed by atoms with Crippen LogP contribution in [0.25, 0.3) is 0 Å². The summed E-state index contributed by atoms with van der Waals surface area (Å²) in [6, 6.07) is 10.4. The summed E-state index contributed by atoms with van der Waals surface area (Å²) in [4.78, 5) is 15.7. The van der Waals surface area contributed by atoms with Gasteiger partial charge in [0.05, 0.1) is 5.41 Å². The van der Waals surface area contributed by atoms with Gasteiger partial charge in [0.2, 0.25) is 5.91 Å². The number of allylic oxidation sites excluding steroid dienone is 2. The van der Waals surface area contributed by atoms with Gasteiger partial charge in [-0.15, -0.1) is 0 Å². The van der Waals surface area contributed by atoms with E-state index in [1.54, 1.807) is 0 Å². The van der Waals surface area contributed by atoms with Crippen LogP contribution in [0.1, 0.15) is 31.2 Å². The maximum absolute atomic E-state index is 13.5. The monoisotopic (exact) mass is 311 g/mol. The van der Waals surface area contributed by atoms with Crippen molar-refractivity contribution in [2.75, 3.05) is 26.3 Å². The van der Waals surface area contributed by atoms with E-state index >= 15 is 0 Å². The summed E-state index contributed by atoms with van der Waals surface area (Å²) in [6.45, 7) is 3.23. The van der Waals surface area contributed by atoms with Crippen molar-refractivity contribution in [3.63, 3.8) is 0 Å². The van der Waals surface area contributed by atoms with E-state index in [-0.39, 0.29) is 5.41 Å². The standard InChI is InChI=1S/C20H25NO2/c22-19(21-14-16-6-4-5-7-17(16)15-21)20(10-12-23-13-11-20)18-8-2-1-3-9-18/h1-5,8-9,16-17H,6-7,10-15H2. The highest BCUT2D eigenvalue weighted by atomic mass is 16.5. The van der Waals surface area contributed by atoms with Crippen LogP contribution in [-0.4, -0.2) is 37.1 Å². The molecule has 0 N–H and O–H groups in total. The van der Waals surface area contributed by atoms with Crippen LogP contribution in [-0.2, 0) is 14.9 Å². The van der Waals surface area contributed by atoms with Crippen LogP contribution in [0.4, 0.5) is 0 Å². The second kappa shape index (κ2) is 6.12. The number of carbonyl (C=O) groups excluding carboxylic acids is 1. The molecule has 23 heavy (non-hydrogen) atoms. The van der Waals surface area contributed by atoms with Crippen molar-refractivity contribution >= 4 is 5.91 Å². The fourth-order valence-corrected chi connectivity index (χ4v) is 4.59. The molecule has 2 fully saturated rings. The van der Waals surface area contributed by atoms with Crippen molar-refractivity contribution < 1.29 is 9.53 Å². The van der Waals surface area contributed by atoms with Gasteiger partial charge in [-0.2, -0.15) is 0 Å². The SMILES string of the molecule is O=C(N1CC2CC=CCC2C1)C1(c2ccccc2)CCOCC1. The average molecular weight is 311 g/mol. The van der Waals surface area contributed by atoms with Crippen LogP contribution in [0.5, 0.6) is 0 Å². The molecule has 1 aromatic carbocycles. The topological polar surface area (TPSA) is 29.5 Å².